The van der Waals surface area contributed by atoms with Crippen LogP contribution in [0, 0.1) is 16.7 Å². The Bertz CT molecular complexity index is 477. The molecule has 0 atom stereocenters. The fourth-order valence-corrected chi connectivity index (χ4v) is 2.98. The highest BCUT2D eigenvalue weighted by atomic mass is 16.1. The first-order valence-corrected chi connectivity index (χ1v) is 6.88. The summed E-state index contributed by atoms with van der Waals surface area (Å²) in [4.78, 5) is 12.1. The average Bonchev–Trinajstić information content (AvgIpc) is 2.77. The Kier molecular flexibility index (Phi) is 3.43. The zero-order valence-electron chi connectivity index (χ0n) is 12.3. The third kappa shape index (κ3) is 2.39. The molecule has 0 heterocycles. The zero-order chi connectivity index (χ0) is 14.3. The van der Waals surface area contributed by atoms with Crippen LogP contribution in [0.25, 0.3) is 0 Å². The lowest BCUT2D eigenvalue weighted by molar-refractivity contribution is 0.0950. The maximum atomic E-state index is 12.1. The molecule has 0 bridgehead atoms. The van der Waals surface area contributed by atoms with Gasteiger partial charge in [-0.05, 0) is 34.4 Å². The van der Waals surface area contributed by atoms with Crippen LogP contribution in [0.3, 0.4) is 0 Å². The molecule has 1 aromatic rings. The van der Waals surface area contributed by atoms with E-state index in [1.807, 2.05) is 24.3 Å². The highest BCUT2D eigenvalue weighted by molar-refractivity contribution is 5.94. The van der Waals surface area contributed by atoms with E-state index in [2.05, 4.69) is 33.0 Å². The highest BCUT2D eigenvalue weighted by Gasteiger charge is 2.64. The number of nitrogens with two attached hydrogens (primary N) is 1. The van der Waals surface area contributed by atoms with Crippen molar-refractivity contribution in [2.24, 2.45) is 22.5 Å². The van der Waals surface area contributed by atoms with Crippen molar-refractivity contribution in [1.29, 1.82) is 0 Å². The molecule has 3 nitrogen and oxygen atoms in total. The van der Waals surface area contributed by atoms with E-state index >= 15 is 0 Å². The van der Waals surface area contributed by atoms with E-state index in [0.717, 1.165) is 12.1 Å². The minimum atomic E-state index is -0.00574. The molecular formula is C16H24N2O. The summed E-state index contributed by atoms with van der Waals surface area (Å²) in [5, 5.41) is 3.04. The lowest BCUT2D eigenvalue weighted by Gasteiger charge is -2.07. The van der Waals surface area contributed by atoms with Crippen LogP contribution in [0.4, 0.5) is 0 Å². The van der Waals surface area contributed by atoms with Crippen molar-refractivity contribution < 1.29 is 4.79 Å². The second kappa shape index (κ2) is 4.64. The number of benzene rings is 1. The van der Waals surface area contributed by atoms with E-state index in [4.69, 9.17) is 5.73 Å². The molecule has 3 heteroatoms. The van der Waals surface area contributed by atoms with Gasteiger partial charge in [0.15, 0.2) is 0 Å². The summed E-state index contributed by atoms with van der Waals surface area (Å²) >= 11 is 0. The van der Waals surface area contributed by atoms with Gasteiger partial charge in [-0.3, -0.25) is 4.79 Å². The molecule has 19 heavy (non-hydrogen) atoms. The Hall–Kier alpha value is -1.35. The van der Waals surface area contributed by atoms with Crippen LogP contribution in [0.5, 0.6) is 0 Å². The molecule has 1 aromatic carbocycles. The fraction of sp³-hybridized carbons (Fsp3) is 0.562. The van der Waals surface area contributed by atoms with Crippen LogP contribution in [-0.4, -0.2) is 12.5 Å². The van der Waals surface area contributed by atoms with Crippen LogP contribution in [-0.2, 0) is 6.54 Å². The molecule has 0 saturated heterocycles. The third-order valence-corrected chi connectivity index (χ3v) is 5.21. The van der Waals surface area contributed by atoms with Gasteiger partial charge in [-0.15, -0.1) is 0 Å². The van der Waals surface area contributed by atoms with Crippen molar-refractivity contribution in [2.75, 3.05) is 6.54 Å². The smallest absolute Gasteiger partial charge is 0.251 e. The van der Waals surface area contributed by atoms with Gasteiger partial charge >= 0.3 is 0 Å². The van der Waals surface area contributed by atoms with Gasteiger partial charge < -0.3 is 11.1 Å². The molecular weight excluding hydrogens is 236 g/mol. The molecule has 0 unspecified atom stereocenters. The van der Waals surface area contributed by atoms with Crippen LogP contribution in [0.15, 0.2) is 24.3 Å². The molecule has 3 N–H and O–H groups in total. The van der Waals surface area contributed by atoms with Crippen molar-refractivity contribution in [2.45, 2.75) is 34.2 Å². The Morgan fingerprint density at radius 3 is 2.42 bits per heavy atom. The van der Waals surface area contributed by atoms with E-state index in [1.54, 1.807) is 0 Å². The Morgan fingerprint density at radius 1 is 1.26 bits per heavy atom. The summed E-state index contributed by atoms with van der Waals surface area (Å²) in [7, 11) is 0. The van der Waals surface area contributed by atoms with E-state index in [-0.39, 0.29) is 5.91 Å². The van der Waals surface area contributed by atoms with Crippen molar-refractivity contribution in [3.05, 3.63) is 35.4 Å². The van der Waals surface area contributed by atoms with Crippen molar-refractivity contribution in [3.63, 3.8) is 0 Å². The monoisotopic (exact) mass is 260 g/mol. The molecule has 1 aliphatic carbocycles. The summed E-state index contributed by atoms with van der Waals surface area (Å²) in [6, 6.07) is 7.50. The first-order valence-electron chi connectivity index (χ1n) is 6.88. The maximum Gasteiger partial charge on any atom is 0.251 e. The molecule has 1 amide bonds. The number of amides is 1. The lowest BCUT2D eigenvalue weighted by atomic mass is 10.0. The molecule has 0 aliphatic heterocycles. The van der Waals surface area contributed by atoms with E-state index in [9.17, 15) is 4.79 Å². The zero-order valence-corrected chi connectivity index (χ0v) is 12.3. The number of hydrogen-bond acceptors (Lipinski definition) is 2. The molecule has 1 aliphatic rings. The first kappa shape index (κ1) is 14.1. The lowest BCUT2D eigenvalue weighted by Crippen LogP contribution is -2.27. The summed E-state index contributed by atoms with van der Waals surface area (Å²) in [6.07, 6.45) is 0. The Morgan fingerprint density at radius 2 is 1.89 bits per heavy atom. The van der Waals surface area contributed by atoms with E-state index < -0.39 is 0 Å². The van der Waals surface area contributed by atoms with Crippen molar-refractivity contribution >= 4 is 5.91 Å². The van der Waals surface area contributed by atoms with Crippen molar-refractivity contribution in [1.82, 2.24) is 5.32 Å². The molecule has 0 radical (unpaired) electrons. The SMILES string of the molecule is CC1(C)C(CNC(=O)c2cccc(CN)c2)C1(C)C. The van der Waals surface area contributed by atoms with Gasteiger partial charge in [-0.1, -0.05) is 39.8 Å². The van der Waals surface area contributed by atoms with Gasteiger partial charge in [0.1, 0.15) is 0 Å². The predicted octanol–water partition coefficient (Wildman–Crippen LogP) is 2.56. The quantitative estimate of drug-likeness (QED) is 0.874. The third-order valence-electron chi connectivity index (χ3n) is 5.21. The minimum Gasteiger partial charge on any atom is -0.352 e. The largest absolute Gasteiger partial charge is 0.352 e. The van der Waals surface area contributed by atoms with Crippen LogP contribution >= 0.6 is 0 Å². The van der Waals surface area contributed by atoms with Gasteiger partial charge in [0.05, 0.1) is 0 Å². The average molecular weight is 260 g/mol. The Balaban J connectivity index is 1.96. The number of hydrogen-bond donors (Lipinski definition) is 2. The van der Waals surface area contributed by atoms with Gasteiger partial charge in [-0.25, -0.2) is 0 Å². The molecule has 0 aromatic heterocycles. The fourth-order valence-electron chi connectivity index (χ4n) is 2.98. The molecule has 104 valence electrons. The summed E-state index contributed by atoms with van der Waals surface area (Å²) in [5.41, 5.74) is 7.88. The van der Waals surface area contributed by atoms with Gasteiger partial charge in [0.2, 0.25) is 0 Å². The molecule has 1 fully saturated rings. The topological polar surface area (TPSA) is 55.1 Å². The summed E-state index contributed by atoms with van der Waals surface area (Å²) < 4.78 is 0. The minimum absolute atomic E-state index is 0.00574. The second-order valence-corrected chi connectivity index (χ2v) is 6.61. The number of nitrogens with one attached hydrogen (secondary N) is 1. The molecule has 0 spiro atoms. The Labute approximate surface area is 115 Å². The molecule has 2 rings (SSSR count). The predicted molar refractivity (Wildman–Crippen MR) is 77.7 cm³/mol. The first-order chi connectivity index (χ1) is 8.80. The standard InChI is InChI=1S/C16H24N2O/c1-15(2)13(16(15,3)4)10-18-14(19)12-7-5-6-11(8-12)9-17/h5-8,13H,9-10,17H2,1-4H3,(H,18,19). The van der Waals surface area contributed by atoms with Crippen LogP contribution < -0.4 is 11.1 Å². The van der Waals surface area contributed by atoms with Gasteiger partial charge in [0.25, 0.3) is 5.91 Å². The van der Waals surface area contributed by atoms with E-state index in [1.165, 1.54) is 0 Å². The van der Waals surface area contributed by atoms with Crippen LogP contribution in [0.1, 0.15) is 43.6 Å². The summed E-state index contributed by atoms with van der Waals surface area (Å²) in [6.45, 7) is 10.3. The second-order valence-electron chi connectivity index (χ2n) is 6.61. The highest BCUT2D eigenvalue weighted by Crippen LogP contribution is 2.67. The summed E-state index contributed by atoms with van der Waals surface area (Å²) in [5.74, 6) is 0.537. The normalized spacial score (nSPS) is 20.1. The number of rotatable bonds is 4. The van der Waals surface area contributed by atoms with Gasteiger partial charge in [0, 0.05) is 18.7 Å². The van der Waals surface area contributed by atoms with Crippen molar-refractivity contribution in [3.8, 4) is 0 Å². The number of carbonyl (C=O) groups excluding carboxylic acids is 1. The number of carbonyl (C=O) groups is 1. The molecule has 1 saturated carbocycles. The van der Waals surface area contributed by atoms with E-state index in [0.29, 0.717) is 28.9 Å². The maximum absolute atomic E-state index is 12.1. The van der Waals surface area contributed by atoms with Crippen LogP contribution in [0.2, 0.25) is 0 Å². The van der Waals surface area contributed by atoms with Gasteiger partial charge in [-0.2, -0.15) is 0 Å².